The van der Waals surface area contributed by atoms with Gasteiger partial charge in [-0.2, -0.15) is 0 Å². The third-order valence-corrected chi connectivity index (χ3v) is 4.90. The first-order chi connectivity index (χ1) is 10.7. The first kappa shape index (κ1) is 19.0. The topological polar surface area (TPSA) is 38.5 Å². The molecule has 3 heteroatoms. The van der Waals surface area contributed by atoms with Crippen molar-refractivity contribution in [1.82, 2.24) is 4.90 Å². The third kappa shape index (κ3) is 3.47. The third-order valence-electron chi connectivity index (χ3n) is 4.90. The minimum atomic E-state index is 0.177. The fraction of sp³-hybridized carbons (Fsp3) is 0.684. The molecule has 0 radical (unpaired) electrons. The number of nitrogens with two attached hydrogens (primary N) is 1. The Bertz CT molecular complexity index is 451. The maximum absolute atomic E-state index is 6.55. The molecule has 0 amide bonds. The van der Waals surface area contributed by atoms with Crippen LogP contribution in [0, 0.1) is 5.41 Å². The average Bonchev–Trinajstić information content (AvgIpc) is 2.87. The molecule has 1 aromatic rings. The molecule has 1 spiro atoms. The molecule has 126 valence electrons. The number of rotatable bonds is 1. The van der Waals surface area contributed by atoms with Crippen molar-refractivity contribution in [2.75, 3.05) is 27.2 Å². The number of hydrogen-bond donors (Lipinski definition) is 1. The van der Waals surface area contributed by atoms with Crippen molar-refractivity contribution in [3.63, 3.8) is 0 Å². The number of nitrogens with zero attached hydrogens (tertiary/aromatic N) is 1. The summed E-state index contributed by atoms with van der Waals surface area (Å²) >= 11 is 0. The van der Waals surface area contributed by atoms with Crippen LogP contribution in [0.3, 0.4) is 0 Å². The van der Waals surface area contributed by atoms with Gasteiger partial charge in [0.05, 0.1) is 7.11 Å². The molecular weight excluding hydrogens is 272 g/mol. The van der Waals surface area contributed by atoms with Gasteiger partial charge in [-0.1, -0.05) is 39.8 Å². The van der Waals surface area contributed by atoms with Crippen molar-refractivity contribution in [2.24, 2.45) is 11.1 Å². The highest BCUT2D eigenvalue weighted by Gasteiger charge is 2.46. The van der Waals surface area contributed by atoms with E-state index in [4.69, 9.17) is 10.5 Å². The lowest BCUT2D eigenvalue weighted by molar-refractivity contribution is 0.105. The van der Waals surface area contributed by atoms with Crippen LogP contribution in [0.1, 0.15) is 57.7 Å². The minimum Gasteiger partial charge on any atom is -0.496 e. The van der Waals surface area contributed by atoms with Crippen LogP contribution in [0.15, 0.2) is 18.2 Å². The summed E-state index contributed by atoms with van der Waals surface area (Å²) in [5.41, 5.74) is 9.47. The number of piperidine rings is 1. The number of ether oxygens (including phenoxy) is 1. The second-order valence-corrected chi connectivity index (χ2v) is 5.85. The van der Waals surface area contributed by atoms with Gasteiger partial charge in [0.1, 0.15) is 5.75 Å². The van der Waals surface area contributed by atoms with Crippen molar-refractivity contribution in [3.05, 3.63) is 29.3 Å². The fourth-order valence-corrected chi connectivity index (χ4v) is 3.60. The Morgan fingerprint density at radius 2 is 1.73 bits per heavy atom. The summed E-state index contributed by atoms with van der Waals surface area (Å²) in [5, 5.41) is 0. The average molecular weight is 306 g/mol. The van der Waals surface area contributed by atoms with Crippen molar-refractivity contribution in [2.45, 2.75) is 53.0 Å². The molecule has 0 bridgehead atoms. The van der Waals surface area contributed by atoms with E-state index in [1.54, 1.807) is 7.11 Å². The van der Waals surface area contributed by atoms with Gasteiger partial charge in [-0.15, -0.1) is 0 Å². The van der Waals surface area contributed by atoms with Gasteiger partial charge >= 0.3 is 0 Å². The molecule has 1 atom stereocenters. The quantitative estimate of drug-likeness (QED) is 0.852. The number of fused-ring (bicyclic) bond motifs is 1. The second-order valence-electron chi connectivity index (χ2n) is 5.85. The minimum absolute atomic E-state index is 0.177. The molecule has 2 N–H and O–H groups in total. The van der Waals surface area contributed by atoms with Gasteiger partial charge in [0, 0.05) is 6.04 Å². The van der Waals surface area contributed by atoms with Crippen LogP contribution in [0.25, 0.3) is 0 Å². The molecule has 1 fully saturated rings. The SMILES string of the molecule is CC.CC.COc1cccc2c1CC1(CCN(C)CC1)[C@@H]2N. The summed E-state index contributed by atoms with van der Waals surface area (Å²) in [6.45, 7) is 10.3. The zero-order valence-corrected chi connectivity index (χ0v) is 15.3. The Morgan fingerprint density at radius 3 is 2.27 bits per heavy atom. The van der Waals surface area contributed by atoms with E-state index in [1.807, 2.05) is 27.7 Å². The molecule has 1 saturated heterocycles. The summed E-state index contributed by atoms with van der Waals surface area (Å²) < 4.78 is 5.49. The van der Waals surface area contributed by atoms with E-state index in [9.17, 15) is 0 Å². The van der Waals surface area contributed by atoms with E-state index in [2.05, 4.69) is 30.1 Å². The van der Waals surface area contributed by atoms with Gasteiger partial charge in [0.25, 0.3) is 0 Å². The predicted octanol–water partition coefficient (Wildman–Crippen LogP) is 4.02. The normalized spacial score (nSPS) is 22.0. The van der Waals surface area contributed by atoms with E-state index in [0.29, 0.717) is 0 Å². The standard InChI is InChI=1S/C15H22N2O.2C2H6/c1-17-8-6-15(7-9-17)10-12-11(14(15)16)4-3-5-13(12)18-2;2*1-2/h3-5,14H,6-10,16H2,1-2H3;2*1-2H3/t14-;;/m1../s1. The molecule has 0 saturated carbocycles. The molecule has 3 nitrogen and oxygen atoms in total. The maximum Gasteiger partial charge on any atom is 0.122 e. The predicted molar refractivity (Wildman–Crippen MR) is 95.5 cm³/mol. The molecule has 1 heterocycles. The number of methoxy groups -OCH3 is 1. The fourth-order valence-electron chi connectivity index (χ4n) is 3.60. The monoisotopic (exact) mass is 306 g/mol. The largest absolute Gasteiger partial charge is 0.496 e. The first-order valence-electron chi connectivity index (χ1n) is 8.76. The summed E-state index contributed by atoms with van der Waals surface area (Å²) in [5.74, 6) is 1.01. The Kier molecular flexibility index (Phi) is 7.37. The van der Waals surface area contributed by atoms with Gasteiger partial charge in [0.15, 0.2) is 0 Å². The van der Waals surface area contributed by atoms with Crippen LogP contribution >= 0.6 is 0 Å². The molecule has 3 rings (SSSR count). The van der Waals surface area contributed by atoms with E-state index in [1.165, 1.54) is 24.0 Å². The molecule has 1 aromatic carbocycles. The highest BCUT2D eigenvalue weighted by molar-refractivity contribution is 5.47. The summed E-state index contributed by atoms with van der Waals surface area (Å²) in [6, 6.07) is 6.47. The maximum atomic E-state index is 6.55. The van der Waals surface area contributed by atoms with Crippen molar-refractivity contribution in [1.29, 1.82) is 0 Å². The zero-order valence-electron chi connectivity index (χ0n) is 15.3. The number of hydrogen-bond acceptors (Lipinski definition) is 3. The van der Waals surface area contributed by atoms with Gasteiger partial charge in [-0.05, 0) is 62.0 Å². The van der Waals surface area contributed by atoms with Crippen LogP contribution < -0.4 is 10.5 Å². The highest BCUT2D eigenvalue weighted by Crippen LogP contribution is 2.52. The van der Waals surface area contributed by atoms with Gasteiger partial charge in [-0.3, -0.25) is 0 Å². The molecule has 1 aliphatic heterocycles. The zero-order chi connectivity index (χ0) is 16.8. The molecule has 0 aromatic heterocycles. The molecule has 22 heavy (non-hydrogen) atoms. The lowest BCUT2D eigenvalue weighted by Crippen LogP contribution is -2.42. The Morgan fingerprint density at radius 1 is 1.14 bits per heavy atom. The summed E-state index contributed by atoms with van der Waals surface area (Å²) in [4.78, 5) is 2.40. The van der Waals surface area contributed by atoms with Crippen molar-refractivity contribution >= 4 is 0 Å². The van der Waals surface area contributed by atoms with Gasteiger partial charge in [-0.25, -0.2) is 0 Å². The first-order valence-corrected chi connectivity index (χ1v) is 8.76. The van der Waals surface area contributed by atoms with Gasteiger partial charge < -0.3 is 15.4 Å². The Balaban J connectivity index is 0.000000561. The Labute approximate surface area is 136 Å². The smallest absolute Gasteiger partial charge is 0.122 e. The molecular formula is C19H34N2O. The lowest BCUT2D eigenvalue weighted by Gasteiger charge is -2.41. The van der Waals surface area contributed by atoms with Crippen LogP contribution in [-0.4, -0.2) is 32.1 Å². The van der Waals surface area contributed by atoms with Crippen LogP contribution in [0.2, 0.25) is 0 Å². The molecule has 1 aliphatic carbocycles. The Hall–Kier alpha value is -1.06. The van der Waals surface area contributed by atoms with E-state index in [-0.39, 0.29) is 11.5 Å². The lowest BCUT2D eigenvalue weighted by atomic mass is 9.73. The molecule has 2 aliphatic rings. The van der Waals surface area contributed by atoms with Gasteiger partial charge in [0.2, 0.25) is 0 Å². The van der Waals surface area contributed by atoms with Crippen molar-refractivity contribution < 1.29 is 4.74 Å². The second kappa shape index (κ2) is 8.54. The highest BCUT2D eigenvalue weighted by atomic mass is 16.5. The summed E-state index contributed by atoms with van der Waals surface area (Å²) in [7, 11) is 3.95. The van der Waals surface area contributed by atoms with E-state index >= 15 is 0 Å². The summed E-state index contributed by atoms with van der Waals surface area (Å²) in [6.07, 6.45) is 3.48. The molecule has 0 unspecified atom stereocenters. The number of likely N-dealkylation sites (tertiary alicyclic amines) is 1. The van der Waals surface area contributed by atoms with Crippen LogP contribution in [-0.2, 0) is 6.42 Å². The van der Waals surface area contributed by atoms with Crippen LogP contribution in [0.4, 0.5) is 0 Å². The number of benzene rings is 1. The van der Waals surface area contributed by atoms with E-state index < -0.39 is 0 Å². The van der Waals surface area contributed by atoms with Crippen molar-refractivity contribution in [3.8, 4) is 5.75 Å². The van der Waals surface area contributed by atoms with Crippen LogP contribution in [0.5, 0.6) is 5.75 Å². The van der Waals surface area contributed by atoms with E-state index in [0.717, 1.165) is 25.3 Å².